The number of aryl methyl sites for hydroxylation is 1. The number of aromatic nitrogens is 3. The van der Waals surface area contributed by atoms with Crippen molar-refractivity contribution in [2.75, 3.05) is 49.6 Å². The molecule has 1 N–H and O–H groups in total. The molecule has 0 unspecified atom stereocenters. The lowest BCUT2D eigenvalue weighted by Gasteiger charge is -2.44. The predicted octanol–water partition coefficient (Wildman–Crippen LogP) is 3.61. The number of nitrogens with one attached hydrogen (secondary N) is 1. The van der Waals surface area contributed by atoms with Crippen LogP contribution in [0.3, 0.4) is 0 Å². The Bertz CT molecular complexity index is 1310. The number of halogens is 2. The van der Waals surface area contributed by atoms with Crippen molar-refractivity contribution in [2.24, 2.45) is 13.0 Å². The fraction of sp³-hybridized carbons (Fsp3) is 0.500. The minimum Gasteiger partial charge on any atom is -0.376 e. The largest absolute Gasteiger partial charge is 0.376 e. The summed E-state index contributed by atoms with van der Waals surface area (Å²) in [5, 5.41) is 9.93. The predicted molar refractivity (Wildman–Crippen MR) is 137 cm³/mol. The molecule has 190 valence electrons. The monoisotopic (exact) mass is 512 g/mol. The van der Waals surface area contributed by atoms with Gasteiger partial charge in [0.25, 0.3) is 0 Å². The summed E-state index contributed by atoms with van der Waals surface area (Å²) in [5.74, 6) is 0.589. The molecule has 8 nitrogen and oxygen atoms in total. The lowest BCUT2D eigenvalue weighted by molar-refractivity contribution is -0.117. The van der Waals surface area contributed by atoms with Crippen LogP contribution in [0.4, 0.5) is 15.9 Å². The molecule has 0 bridgehead atoms. The average Bonchev–Trinajstić information content (AvgIpc) is 3.44. The van der Waals surface area contributed by atoms with Gasteiger partial charge in [-0.05, 0) is 43.0 Å². The Morgan fingerprint density at radius 1 is 1.22 bits per heavy atom. The topological polar surface area (TPSA) is 75.5 Å². The van der Waals surface area contributed by atoms with E-state index >= 15 is 0 Å². The number of amides is 1. The molecule has 10 heteroatoms. The maximum Gasteiger partial charge on any atom is 0.229 e. The van der Waals surface area contributed by atoms with Crippen LogP contribution in [0.15, 0.2) is 36.7 Å². The molecule has 1 amide bonds. The van der Waals surface area contributed by atoms with Crippen LogP contribution >= 0.6 is 11.6 Å². The second kappa shape index (κ2) is 8.97. The van der Waals surface area contributed by atoms with E-state index in [9.17, 15) is 9.18 Å². The van der Waals surface area contributed by atoms with Gasteiger partial charge in [-0.25, -0.2) is 9.37 Å². The van der Waals surface area contributed by atoms with E-state index in [1.54, 1.807) is 10.9 Å². The first-order valence-electron chi connectivity index (χ1n) is 12.4. The number of carbonyl (C=O) groups is 1. The lowest BCUT2D eigenvalue weighted by atomic mass is 9.96. The zero-order chi connectivity index (χ0) is 25.0. The number of pyridine rings is 1. The van der Waals surface area contributed by atoms with Gasteiger partial charge in [-0.1, -0.05) is 11.6 Å². The number of anilines is 2. The van der Waals surface area contributed by atoms with Crippen molar-refractivity contribution in [3.05, 3.63) is 47.4 Å². The number of hydrogen-bond donors (Lipinski definition) is 1. The van der Waals surface area contributed by atoms with Gasteiger partial charge in [-0.3, -0.25) is 14.4 Å². The van der Waals surface area contributed by atoms with Crippen molar-refractivity contribution < 1.29 is 13.9 Å². The van der Waals surface area contributed by atoms with Crippen molar-refractivity contribution in [1.82, 2.24) is 19.7 Å². The van der Waals surface area contributed by atoms with E-state index in [4.69, 9.17) is 16.3 Å². The van der Waals surface area contributed by atoms with E-state index in [0.717, 1.165) is 54.8 Å². The molecule has 2 aliphatic heterocycles. The van der Waals surface area contributed by atoms with Crippen molar-refractivity contribution >= 4 is 39.8 Å². The minimum absolute atomic E-state index is 0.0293. The maximum absolute atomic E-state index is 14.5. The summed E-state index contributed by atoms with van der Waals surface area (Å²) in [6, 6.07) is 7.83. The highest BCUT2D eigenvalue weighted by molar-refractivity contribution is 6.34. The molecular formula is C26H30ClFN6O2. The number of hydrogen-bond acceptors (Lipinski definition) is 6. The summed E-state index contributed by atoms with van der Waals surface area (Å²) in [7, 11) is 1.88. The number of piperazine rings is 1. The first kappa shape index (κ1) is 23.6. The number of rotatable bonds is 5. The van der Waals surface area contributed by atoms with E-state index in [1.165, 1.54) is 0 Å². The van der Waals surface area contributed by atoms with Gasteiger partial charge in [0.05, 0.1) is 35.2 Å². The van der Waals surface area contributed by atoms with Gasteiger partial charge >= 0.3 is 0 Å². The zero-order valence-electron chi connectivity index (χ0n) is 20.5. The van der Waals surface area contributed by atoms with Crippen molar-refractivity contribution in [2.45, 2.75) is 31.0 Å². The number of carbonyl (C=O) groups excluding carboxylic acids is 1. The lowest BCUT2D eigenvalue weighted by Crippen LogP contribution is -2.59. The molecule has 3 aromatic rings. The number of benzene rings is 1. The van der Waals surface area contributed by atoms with Crippen LogP contribution in [0, 0.1) is 5.92 Å². The molecule has 2 saturated heterocycles. The first-order chi connectivity index (χ1) is 17.3. The summed E-state index contributed by atoms with van der Waals surface area (Å²) in [5.41, 5.74) is 1.34. The molecule has 4 heterocycles. The van der Waals surface area contributed by atoms with Crippen LogP contribution in [-0.2, 0) is 16.6 Å². The highest BCUT2D eigenvalue weighted by atomic mass is 35.5. The van der Waals surface area contributed by atoms with E-state index < -0.39 is 11.7 Å². The molecule has 1 aliphatic carbocycles. The Morgan fingerprint density at radius 3 is 2.72 bits per heavy atom. The minimum atomic E-state index is -0.968. The molecule has 0 radical (unpaired) electrons. The highest BCUT2D eigenvalue weighted by Crippen LogP contribution is 2.47. The Kier molecular flexibility index (Phi) is 5.89. The molecule has 1 aromatic carbocycles. The number of fused-ring (bicyclic) bond motifs is 1. The van der Waals surface area contributed by atoms with Crippen LogP contribution in [0.25, 0.3) is 10.8 Å². The normalized spacial score (nSPS) is 28.6. The summed E-state index contributed by atoms with van der Waals surface area (Å²) in [6.45, 7) is 5.53. The second-order valence-corrected chi connectivity index (χ2v) is 10.8. The van der Waals surface area contributed by atoms with Gasteiger partial charge in [-0.15, -0.1) is 0 Å². The Labute approximate surface area is 214 Å². The highest BCUT2D eigenvalue weighted by Gasteiger charge is 2.46. The molecule has 1 saturated carbocycles. The zero-order valence-corrected chi connectivity index (χ0v) is 21.2. The maximum atomic E-state index is 14.5. The van der Waals surface area contributed by atoms with Crippen LogP contribution < -0.4 is 10.2 Å². The van der Waals surface area contributed by atoms with E-state index in [0.29, 0.717) is 17.4 Å². The Balaban J connectivity index is 1.15. The summed E-state index contributed by atoms with van der Waals surface area (Å²) in [6.07, 6.45) is 3.47. The van der Waals surface area contributed by atoms with E-state index in [1.807, 2.05) is 38.4 Å². The SMILES string of the molecule is Cn1ccc([C@H]2C[C@@H]2C(=O)Nc2cc3cc(N4CCN([C@]5(C)COC[C@@H]5F)CC4)c(Cl)cc3cn2)n1. The van der Waals surface area contributed by atoms with Gasteiger partial charge in [0.15, 0.2) is 0 Å². The second-order valence-electron chi connectivity index (χ2n) is 10.4. The average molecular weight is 513 g/mol. The summed E-state index contributed by atoms with van der Waals surface area (Å²) >= 11 is 6.66. The fourth-order valence-electron chi connectivity index (χ4n) is 5.51. The quantitative estimate of drug-likeness (QED) is 0.563. The standard InChI is InChI=1S/C26H30ClFN6O2/c1-26(15-36-14-23(26)28)34-7-5-33(6-8-34)22-10-16-11-24(29-13-17(16)9-20(22)27)30-25(35)19-12-18(19)21-3-4-32(2)31-21/h3-4,9-11,13,18-19,23H,5-8,12,14-15H2,1-2H3,(H,29,30,35)/t18-,19-,23-,26+/m0/s1. The molecule has 6 rings (SSSR count). The third kappa shape index (κ3) is 4.23. The molecule has 4 atom stereocenters. The van der Waals surface area contributed by atoms with Gasteiger partial charge < -0.3 is 15.0 Å². The van der Waals surface area contributed by atoms with Crippen molar-refractivity contribution in [3.8, 4) is 0 Å². The molecule has 2 aromatic heterocycles. The number of nitrogens with zero attached hydrogens (tertiary/aromatic N) is 5. The molecule has 3 fully saturated rings. The molecular weight excluding hydrogens is 483 g/mol. The van der Waals surface area contributed by atoms with Crippen LogP contribution in [0.5, 0.6) is 0 Å². The molecule has 3 aliphatic rings. The molecule has 0 spiro atoms. The van der Waals surface area contributed by atoms with Gasteiger partial charge in [-0.2, -0.15) is 5.10 Å². The first-order valence-corrected chi connectivity index (χ1v) is 12.8. The van der Waals surface area contributed by atoms with E-state index in [2.05, 4.69) is 31.3 Å². The molecule has 36 heavy (non-hydrogen) atoms. The Hall–Kier alpha value is -2.75. The number of alkyl halides is 1. The van der Waals surface area contributed by atoms with Gasteiger partial charge in [0, 0.05) is 62.8 Å². The third-order valence-electron chi connectivity index (χ3n) is 7.96. The van der Waals surface area contributed by atoms with Crippen LogP contribution in [0.1, 0.15) is 25.0 Å². The van der Waals surface area contributed by atoms with Crippen molar-refractivity contribution in [3.63, 3.8) is 0 Å². The third-order valence-corrected chi connectivity index (χ3v) is 8.26. The number of ether oxygens (including phenoxy) is 1. The fourth-order valence-corrected chi connectivity index (χ4v) is 5.80. The summed E-state index contributed by atoms with van der Waals surface area (Å²) < 4.78 is 21.6. The smallest absolute Gasteiger partial charge is 0.229 e. The van der Waals surface area contributed by atoms with Crippen molar-refractivity contribution in [1.29, 1.82) is 0 Å². The van der Waals surface area contributed by atoms with Gasteiger partial charge in [0.2, 0.25) is 5.91 Å². The summed E-state index contributed by atoms with van der Waals surface area (Å²) in [4.78, 5) is 21.7. The Morgan fingerprint density at radius 2 is 2.03 bits per heavy atom. The van der Waals surface area contributed by atoms with Crippen LogP contribution in [-0.4, -0.2) is 76.7 Å². The van der Waals surface area contributed by atoms with E-state index in [-0.39, 0.29) is 24.3 Å². The van der Waals surface area contributed by atoms with Gasteiger partial charge in [0.1, 0.15) is 12.0 Å². The van der Waals surface area contributed by atoms with Crippen LogP contribution in [0.2, 0.25) is 5.02 Å².